The molecule has 0 radical (unpaired) electrons. The number of aliphatic hydroxyl groups excluding tert-OH is 1. The van der Waals surface area contributed by atoms with E-state index in [9.17, 15) is 9.90 Å². The van der Waals surface area contributed by atoms with E-state index in [2.05, 4.69) is 0 Å². The second kappa shape index (κ2) is 4.94. The van der Waals surface area contributed by atoms with Gasteiger partial charge in [0, 0.05) is 12.2 Å². The highest BCUT2D eigenvalue weighted by molar-refractivity contribution is 6.34. The molecule has 1 aliphatic rings. The molecule has 5 heteroatoms. The summed E-state index contributed by atoms with van der Waals surface area (Å²) in [7, 11) is 0. The lowest BCUT2D eigenvalue weighted by atomic mass is 10.1. The Bertz CT molecular complexity index is 437. The summed E-state index contributed by atoms with van der Waals surface area (Å²) in [5.74, 6) is -0.133. The van der Waals surface area contributed by atoms with E-state index >= 15 is 0 Å². The molecule has 0 saturated carbocycles. The van der Waals surface area contributed by atoms with E-state index in [0.717, 1.165) is 12.8 Å². The Kier molecular flexibility index (Phi) is 3.54. The Morgan fingerprint density at radius 2 is 2.35 bits per heavy atom. The van der Waals surface area contributed by atoms with Gasteiger partial charge in [0.05, 0.1) is 23.2 Å². The first kappa shape index (κ1) is 12.2. The molecule has 4 nitrogen and oxygen atoms in total. The molecule has 0 aliphatic carbocycles. The second-order valence-electron chi connectivity index (χ2n) is 4.22. The van der Waals surface area contributed by atoms with E-state index in [-0.39, 0.29) is 18.6 Å². The molecule has 1 heterocycles. The van der Waals surface area contributed by atoms with Crippen LogP contribution < -0.4 is 5.73 Å². The average molecular weight is 255 g/mol. The predicted molar refractivity (Wildman–Crippen MR) is 67.0 cm³/mol. The highest BCUT2D eigenvalue weighted by Gasteiger charge is 2.29. The molecule has 1 fully saturated rings. The maximum absolute atomic E-state index is 12.2. The average Bonchev–Trinajstić information content (AvgIpc) is 2.76. The molecule has 1 amide bonds. The number of nitrogens with zero attached hydrogens (tertiary/aromatic N) is 1. The molecule has 17 heavy (non-hydrogen) atoms. The van der Waals surface area contributed by atoms with Crippen molar-refractivity contribution in [2.45, 2.75) is 18.9 Å². The van der Waals surface area contributed by atoms with Crippen LogP contribution in [0.1, 0.15) is 23.2 Å². The minimum Gasteiger partial charge on any atom is -0.399 e. The fourth-order valence-corrected chi connectivity index (χ4v) is 2.42. The molecule has 1 aromatic rings. The lowest BCUT2D eigenvalue weighted by Crippen LogP contribution is -2.37. The highest BCUT2D eigenvalue weighted by atomic mass is 35.5. The summed E-state index contributed by atoms with van der Waals surface area (Å²) in [6.07, 6.45) is 1.76. The quantitative estimate of drug-likeness (QED) is 0.787. The SMILES string of the molecule is Nc1ccc(C(=O)N2CCC[C@@H]2CO)c(Cl)c1. The molecule has 1 atom stereocenters. The number of anilines is 1. The second-order valence-corrected chi connectivity index (χ2v) is 4.62. The number of amides is 1. The molecular formula is C12H15ClN2O2. The first-order chi connectivity index (χ1) is 8.13. The Balaban J connectivity index is 2.24. The molecule has 2 rings (SSSR count). The Hall–Kier alpha value is -1.26. The minimum atomic E-state index is -0.133. The molecule has 0 spiro atoms. The number of benzene rings is 1. The summed E-state index contributed by atoms with van der Waals surface area (Å²) in [5, 5.41) is 9.56. The van der Waals surface area contributed by atoms with Crippen LogP contribution in [0.25, 0.3) is 0 Å². The standard InChI is InChI=1S/C12H15ClN2O2/c13-11-6-8(14)3-4-10(11)12(17)15-5-1-2-9(15)7-16/h3-4,6,9,16H,1-2,5,7,14H2/t9-/m1/s1. The van der Waals surface area contributed by atoms with Crippen LogP contribution in [-0.2, 0) is 0 Å². The van der Waals surface area contributed by atoms with Gasteiger partial charge in [-0.1, -0.05) is 11.6 Å². The van der Waals surface area contributed by atoms with Gasteiger partial charge in [-0.2, -0.15) is 0 Å². The third kappa shape index (κ3) is 2.37. The van der Waals surface area contributed by atoms with Crippen molar-refractivity contribution >= 4 is 23.2 Å². The van der Waals surface area contributed by atoms with E-state index in [1.54, 1.807) is 23.1 Å². The molecule has 0 unspecified atom stereocenters. The van der Waals surface area contributed by atoms with Crippen LogP contribution in [0.5, 0.6) is 0 Å². The van der Waals surface area contributed by atoms with Gasteiger partial charge in [0.15, 0.2) is 0 Å². The number of likely N-dealkylation sites (tertiary alicyclic amines) is 1. The first-order valence-electron chi connectivity index (χ1n) is 5.60. The highest BCUT2D eigenvalue weighted by Crippen LogP contribution is 2.25. The van der Waals surface area contributed by atoms with Crippen LogP contribution in [0.2, 0.25) is 5.02 Å². The van der Waals surface area contributed by atoms with Crippen LogP contribution in [0.4, 0.5) is 5.69 Å². The Morgan fingerprint density at radius 1 is 1.59 bits per heavy atom. The van der Waals surface area contributed by atoms with Crippen molar-refractivity contribution in [1.82, 2.24) is 4.90 Å². The smallest absolute Gasteiger partial charge is 0.255 e. The summed E-state index contributed by atoms with van der Waals surface area (Å²) in [4.78, 5) is 13.9. The zero-order valence-electron chi connectivity index (χ0n) is 9.40. The maximum atomic E-state index is 12.2. The van der Waals surface area contributed by atoms with Gasteiger partial charge in [-0.15, -0.1) is 0 Å². The molecule has 1 aliphatic heterocycles. The van der Waals surface area contributed by atoms with Gasteiger partial charge in [-0.05, 0) is 31.0 Å². The number of hydrogen-bond acceptors (Lipinski definition) is 3. The Morgan fingerprint density at radius 3 is 3.00 bits per heavy atom. The Labute approximate surface area is 105 Å². The van der Waals surface area contributed by atoms with Crippen LogP contribution in [-0.4, -0.2) is 35.1 Å². The van der Waals surface area contributed by atoms with Crippen molar-refractivity contribution in [3.63, 3.8) is 0 Å². The molecule has 3 N–H and O–H groups in total. The van der Waals surface area contributed by atoms with Crippen molar-refractivity contribution in [2.24, 2.45) is 0 Å². The largest absolute Gasteiger partial charge is 0.399 e. The zero-order chi connectivity index (χ0) is 12.4. The summed E-state index contributed by atoms with van der Waals surface area (Å²) in [5.41, 5.74) is 6.56. The monoisotopic (exact) mass is 254 g/mol. The van der Waals surface area contributed by atoms with Gasteiger partial charge in [0.1, 0.15) is 0 Å². The summed E-state index contributed by atoms with van der Waals surface area (Å²) < 4.78 is 0. The number of rotatable bonds is 2. The summed E-state index contributed by atoms with van der Waals surface area (Å²) in [6.45, 7) is 0.670. The van der Waals surface area contributed by atoms with E-state index in [1.165, 1.54) is 0 Å². The molecule has 1 aromatic carbocycles. The van der Waals surface area contributed by atoms with Gasteiger partial charge >= 0.3 is 0 Å². The van der Waals surface area contributed by atoms with E-state index in [1.807, 2.05) is 0 Å². The molecule has 0 aromatic heterocycles. The van der Waals surface area contributed by atoms with Crippen molar-refractivity contribution in [2.75, 3.05) is 18.9 Å². The summed E-state index contributed by atoms with van der Waals surface area (Å²) >= 11 is 6.00. The first-order valence-corrected chi connectivity index (χ1v) is 5.98. The lowest BCUT2D eigenvalue weighted by molar-refractivity contribution is 0.0678. The van der Waals surface area contributed by atoms with Crippen LogP contribution in [0, 0.1) is 0 Å². The van der Waals surface area contributed by atoms with Gasteiger partial charge < -0.3 is 15.7 Å². The number of nitrogens with two attached hydrogens (primary N) is 1. The molecular weight excluding hydrogens is 240 g/mol. The van der Waals surface area contributed by atoms with E-state index in [0.29, 0.717) is 22.8 Å². The maximum Gasteiger partial charge on any atom is 0.255 e. The van der Waals surface area contributed by atoms with Crippen molar-refractivity contribution in [1.29, 1.82) is 0 Å². The fourth-order valence-electron chi connectivity index (χ4n) is 2.15. The zero-order valence-corrected chi connectivity index (χ0v) is 10.2. The fraction of sp³-hybridized carbons (Fsp3) is 0.417. The normalized spacial score (nSPS) is 19.6. The van der Waals surface area contributed by atoms with E-state index < -0.39 is 0 Å². The van der Waals surface area contributed by atoms with Crippen LogP contribution in [0.3, 0.4) is 0 Å². The van der Waals surface area contributed by atoms with Crippen molar-refractivity contribution < 1.29 is 9.90 Å². The van der Waals surface area contributed by atoms with E-state index in [4.69, 9.17) is 17.3 Å². The molecule has 0 bridgehead atoms. The molecule has 1 saturated heterocycles. The third-order valence-corrected chi connectivity index (χ3v) is 3.39. The van der Waals surface area contributed by atoms with Crippen molar-refractivity contribution in [3.8, 4) is 0 Å². The van der Waals surface area contributed by atoms with Crippen molar-refractivity contribution in [3.05, 3.63) is 28.8 Å². The number of nitrogen functional groups attached to an aromatic ring is 1. The predicted octanol–water partition coefficient (Wildman–Crippen LogP) is 1.52. The number of hydrogen-bond donors (Lipinski definition) is 2. The molecule has 92 valence electrons. The number of carbonyl (C=O) groups excluding carboxylic acids is 1. The number of carbonyl (C=O) groups is 1. The van der Waals surface area contributed by atoms with Gasteiger partial charge in [-0.25, -0.2) is 0 Å². The third-order valence-electron chi connectivity index (χ3n) is 3.07. The van der Waals surface area contributed by atoms with Gasteiger partial charge in [-0.3, -0.25) is 4.79 Å². The topological polar surface area (TPSA) is 66.6 Å². The van der Waals surface area contributed by atoms with Gasteiger partial charge in [0.25, 0.3) is 5.91 Å². The van der Waals surface area contributed by atoms with Crippen LogP contribution >= 0.6 is 11.6 Å². The minimum absolute atomic E-state index is 0.00166. The lowest BCUT2D eigenvalue weighted by Gasteiger charge is -2.23. The van der Waals surface area contributed by atoms with Gasteiger partial charge in [0.2, 0.25) is 0 Å². The number of halogens is 1. The van der Waals surface area contributed by atoms with Crippen LogP contribution in [0.15, 0.2) is 18.2 Å². The summed E-state index contributed by atoms with van der Waals surface area (Å²) in [6, 6.07) is 4.77. The number of aliphatic hydroxyl groups is 1.